The summed E-state index contributed by atoms with van der Waals surface area (Å²) in [4.78, 5) is 3.13. The summed E-state index contributed by atoms with van der Waals surface area (Å²) >= 11 is 0. The monoisotopic (exact) mass is 289 g/mol. The minimum absolute atomic E-state index is 0.597. The molecule has 2 aromatic carbocycles. The predicted octanol–water partition coefficient (Wildman–Crippen LogP) is 4.97. The number of aromatic nitrogens is 1. The molecule has 0 fully saturated rings. The number of alkyl halides is 3. The van der Waals surface area contributed by atoms with E-state index in [1.807, 2.05) is 24.4 Å². The first-order valence-corrected chi connectivity index (χ1v) is 6.74. The number of fused-ring (bicyclic) bond motifs is 1. The highest BCUT2D eigenvalue weighted by Crippen LogP contribution is 2.29. The lowest BCUT2D eigenvalue weighted by molar-refractivity contribution is -0.137. The summed E-state index contributed by atoms with van der Waals surface area (Å²) in [5.41, 5.74) is 2.59. The molecule has 1 N–H and O–H groups in total. The van der Waals surface area contributed by atoms with Gasteiger partial charge in [0.25, 0.3) is 0 Å². The van der Waals surface area contributed by atoms with Gasteiger partial charge in [-0.1, -0.05) is 18.2 Å². The van der Waals surface area contributed by atoms with Gasteiger partial charge in [-0.05, 0) is 59.7 Å². The van der Waals surface area contributed by atoms with Gasteiger partial charge >= 0.3 is 6.18 Å². The summed E-state index contributed by atoms with van der Waals surface area (Å²) in [5.74, 6) is 0. The highest BCUT2D eigenvalue weighted by atomic mass is 19.4. The number of benzene rings is 2. The van der Waals surface area contributed by atoms with Crippen LogP contribution in [0, 0.1) is 0 Å². The number of aromatic amines is 1. The van der Waals surface area contributed by atoms with Gasteiger partial charge in [0.05, 0.1) is 5.56 Å². The van der Waals surface area contributed by atoms with Crippen molar-refractivity contribution in [2.24, 2.45) is 0 Å². The molecule has 0 amide bonds. The van der Waals surface area contributed by atoms with E-state index >= 15 is 0 Å². The Balaban J connectivity index is 1.69. The Morgan fingerprint density at radius 1 is 0.810 bits per heavy atom. The molecule has 1 heterocycles. The average molecular weight is 289 g/mol. The minimum Gasteiger partial charge on any atom is -0.361 e. The van der Waals surface area contributed by atoms with Gasteiger partial charge in [0.2, 0.25) is 0 Å². The summed E-state index contributed by atoms with van der Waals surface area (Å²) in [6.45, 7) is 0. The van der Waals surface area contributed by atoms with E-state index in [9.17, 15) is 13.2 Å². The molecule has 0 bridgehead atoms. The first-order valence-electron chi connectivity index (χ1n) is 6.74. The zero-order chi connectivity index (χ0) is 14.9. The molecule has 1 aromatic heterocycles. The second kappa shape index (κ2) is 5.28. The van der Waals surface area contributed by atoms with Crippen molar-refractivity contribution in [3.63, 3.8) is 0 Å². The van der Waals surface area contributed by atoms with Gasteiger partial charge < -0.3 is 4.98 Å². The summed E-state index contributed by atoms with van der Waals surface area (Å²) in [5, 5.41) is 1.15. The Hall–Kier alpha value is -2.23. The van der Waals surface area contributed by atoms with E-state index in [1.54, 1.807) is 12.1 Å². The maximum absolute atomic E-state index is 12.5. The number of rotatable bonds is 3. The van der Waals surface area contributed by atoms with E-state index in [0.29, 0.717) is 0 Å². The van der Waals surface area contributed by atoms with Crippen molar-refractivity contribution in [3.05, 3.63) is 71.4 Å². The van der Waals surface area contributed by atoms with Crippen molar-refractivity contribution in [1.82, 2.24) is 4.98 Å². The predicted molar refractivity (Wildman–Crippen MR) is 77.2 cm³/mol. The number of aryl methyl sites for hydroxylation is 2. The average Bonchev–Trinajstić information content (AvgIpc) is 2.92. The van der Waals surface area contributed by atoms with Crippen LogP contribution in [0.4, 0.5) is 13.2 Å². The molecule has 0 aliphatic carbocycles. The van der Waals surface area contributed by atoms with Crippen molar-refractivity contribution in [3.8, 4) is 0 Å². The van der Waals surface area contributed by atoms with Crippen LogP contribution < -0.4 is 0 Å². The second-order valence-electron chi connectivity index (χ2n) is 5.09. The Bertz CT molecular complexity index is 739. The molecule has 0 saturated carbocycles. The lowest BCUT2D eigenvalue weighted by atomic mass is 10.0. The molecule has 0 aliphatic rings. The molecule has 3 aromatic rings. The largest absolute Gasteiger partial charge is 0.416 e. The van der Waals surface area contributed by atoms with E-state index in [1.165, 1.54) is 5.56 Å². The van der Waals surface area contributed by atoms with Gasteiger partial charge in [0.1, 0.15) is 0 Å². The van der Waals surface area contributed by atoms with Gasteiger partial charge in [0.15, 0.2) is 0 Å². The first kappa shape index (κ1) is 13.7. The van der Waals surface area contributed by atoms with Crippen LogP contribution in [0.1, 0.15) is 16.7 Å². The van der Waals surface area contributed by atoms with Crippen molar-refractivity contribution in [2.75, 3.05) is 0 Å². The van der Waals surface area contributed by atoms with Gasteiger partial charge in [-0.2, -0.15) is 13.2 Å². The third-order valence-electron chi connectivity index (χ3n) is 3.60. The number of hydrogen-bond donors (Lipinski definition) is 1. The molecule has 0 radical (unpaired) electrons. The number of nitrogens with one attached hydrogen (secondary N) is 1. The zero-order valence-corrected chi connectivity index (χ0v) is 11.2. The van der Waals surface area contributed by atoms with Gasteiger partial charge in [-0.15, -0.1) is 0 Å². The summed E-state index contributed by atoms with van der Waals surface area (Å²) in [6.07, 6.45) is -0.831. The maximum Gasteiger partial charge on any atom is 0.416 e. The molecular weight excluding hydrogens is 275 g/mol. The number of hydrogen-bond acceptors (Lipinski definition) is 0. The first-order chi connectivity index (χ1) is 10.0. The molecule has 108 valence electrons. The van der Waals surface area contributed by atoms with Crippen molar-refractivity contribution in [1.29, 1.82) is 0 Å². The fourth-order valence-electron chi connectivity index (χ4n) is 2.41. The fourth-order valence-corrected chi connectivity index (χ4v) is 2.41. The topological polar surface area (TPSA) is 15.8 Å². The third kappa shape index (κ3) is 3.10. The standard InChI is InChI=1S/C17H14F3N/c18-17(19,20)15-6-3-12(4-7-15)1-2-13-5-8-16-14(11-13)9-10-21-16/h3-11,21H,1-2H2. The third-order valence-corrected chi connectivity index (χ3v) is 3.60. The van der Waals surface area contributed by atoms with E-state index in [2.05, 4.69) is 11.1 Å². The highest BCUT2D eigenvalue weighted by molar-refractivity contribution is 5.79. The van der Waals surface area contributed by atoms with Crippen molar-refractivity contribution in [2.45, 2.75) is 19.0 Å². The summed E-state index contributed by atoms with van der Waals surface area (Å²) in [7, 11) is 0. The van der Waals surface area contributed by atoms with Crippen molar-refractivity contribution < 1.29 is 13.2 Å². The van der Waals surface area contributed by atoms with Crippen LogP contribution in [0.3, 0.4) is 0 Å². The normalized spacial score (nSPS) is 12.0. The molecular formula is C17H14F3N. The molecule has 0 saturated heterocycles. The van der Waals surface area contributed by atoms with E-state index in [-0.39, 0.29) is 0 Å². The molecule has 0 spiro atoms. The second-order valence-corrected chi connectivity index (χ2v) is 5.09. The molecule has 4 heteroatoms. The van der Waals surface area contributed by atoms with E-state index in [4.69, 9.17) is 0 Å². The van der Waals surface area contributed by atoms with Crippen LogP contribution in [0.25, 0.3) is 10.9 Å². The Morgan fingerprint density at radius 2 is 1.48 bits per heavy atom. The maximum atomic E-state index is 12.5. The van der Waals surface area contributed by atoms with E-state index in [0.717, 1.165) is 41.4 Å². The SMILES string of the molecule is FC(F)(F)c1ccc(CCc2ccc3[nH]ccc3c2)cc1. The Labute approximate surface area is 120 Å². The Morgan fingerprint density at radius 3 is 2.19 bits per heavy atom. The van der Waals surface area contributed by atoms with Crippen molar-refractivity contribution >= 4 is 10.9 Å². The molecule has 21 heavy (non-hydrogen) atoms. The molecule has 1 nitrogen and oxygen atoms in total. The van der Waals surface area contributed by atoms with Gasteiger partial charge in [0, 0.05) is 11.7 Å². The zero-order valence-electron chi connectivity index (χ0n) is 11.2. The van der Waals surface area contributed by atoms with Crippen LogP contribution in [-0.2, 0) is 19.0 Å². The lowest BCUT2D eigenvalue weighted by Crippen LogP contribution is -2.04. The highest BCUT2D eigenvalue weighted by Gasteiger charge is 2.29. The fraction of sp³-hybridized carbons (Fsp3) is 0.176. The molecule has 0 aliphatic heterocycles. The van der Waals surface area contributed by atoms with Crippen LogP contribution >= 0.6 is 0 Å². The smallest absolute Gasteiger partial charge is 0.361 e. The summed E-state index contributed by atoms with van der Waals surface area (Å²) < 4.78 is 37.5. The Kier molecular flexibility index (Phi) is 3.45. The minimum atomic E-state index is -4.27. The summed E-state index contributed by atoms with van der Waals surface area (Å²) in [6, 6.07) is 13.6. The lowest BCUT2D eigenvalue weighted by Gasteiger charge is -2.07. The number of halogens is 3. The molecule has 0 atom stereocenters. The quantitative estimate of drug-likeness (QED) is 0.700. The van der Waals surface area contributed by atoms with Crippen LogP contribution in [-0.4, -0.2) is 4.98 Å². The van der Waals surface area contributed by atoms with Gasteiger partial charge in [-0.25, -0.2) is 0 Å². The number of H-pyrrole nitrogens is 1. The molecule has 3 rings (SSSR count). The van der Waals surface area contributed by atoms with Crippen LogP contribution in [0.2, 0.25) is 0 Å². The van der Waals surface area contributed by atoms with Crippen LogP contribution in [0.5, 0.6) is 0 Å². The van der Waals surface area contributed by atoms with Crippen LogP contribution in [0.15, 0.2) is 54.7 Å². The van der Waals surface area contributed by atoms with Gasteiger partial charge in [-0.3, -0.25) is 0 Å². The van der Waals surface area contributed by atoms with E-state index < -0.39 is 11.7 Å². The molecule has 0 unspecified atom stereocenters.